The van der Waals surface area contributed by atoms with Crippen molar-refractivity contribution in [1.82, 2.24) is 19.4 Å². The molecule has 0 spiro atoms. The summed E-state index contributed by atoms with van der Waals surface area (Å²) in [5, 5.41) is 3.57. The Morgan fingerprint density at radius 2 is 2.00 bits per heavy atom. The number of anilines is 1. The lowest BCUT2D eigenvalue weighted by Crippen LogP contribution is -2.46. The van der Waals surface area contributed by atoms with Crippen molar-refractivity contribution in [3.8, 4) is 11.3 Å². The highest BCUT2D eigenvalue weighted by Gasteiger charge is 2.37. The molecule has 6 rings (SSSR count). The van der Waals surface area contributed by atoms with Gasteiger partial charge in [-0.25, -0.2) is 18.7 Å². The number of thiazole rings is 1. The first-order chi connectivity index (χ1) is 19.8. The van der Waals surface area contributed by atoms with Crippen molar-refractivity contribution in [2.75, 3.05) is 25.5 Å². The van der Waals surface area contributed by atoms with E-state index in [1.165, 1.54) is 11.3 Å². The van der Waals surface area contributed by atoms with Crippen molar-refractivity contribution in [3.05, 3.63) is 88.3 Å². The van der Waals surface area contributed by atoms with Gasteiger partial charge < -0.3 is 4.57 Å². The number of carbonyl (C=O) groups is 1. The second-order valence-corrected chi connectivity index (χ2v) is 11.9. The first kappa shape index (κ1) is 27.4. The van der Waals surface area contributed by atoms with Crippen molar-refractivity contribution in [1.29, 1.82) is 0 Å². The predicted molar refractivity (Wildman–Crippen MR) is 158 cm³/mol. The van der Waals surface area contributed by atoms with Gasteiger partial charge in [-0.2, -0.15) is 0 Å². The van der Waals surface area contributed by atoms with Crippen LogP contribution in [0.3, 0.4) is 0 Å². The first-order valence-electron chi connectivity index (χ1n) is 13.9. The quantitative estimate of drug-likeness (QED) is 0.277. The van der Waals surface area contributed by atoms with E-state index >= 15 is 0 Å². The number of alkyl halides is 2. The zero-order valence-electron chi connectivity index (χ0n) is 22.9. The molecule has 1 aliphatic heterocycles. The van der Waals surface area contributed by atoms with Crippen LogP contribution in [0, 0.1) is 0 Å². The molecule has 2 aromatic carbocycles. The summed E-state index contributed by atoms with van der Waals surface area (Å²) in [5.74, 6) is -2.73. The summed E-state index contributed by atoms with van der Waals surface area (Å²) < 4.78 is 29.2. The molecule has 0 radical (unpaired) electrons. The number of nitrogens with one attached hydrogen (secondary N) is 1. The first-order valence-corrected chi connectivity index (χ1v) is 14.7. The monoisotopic (exact) mass is 574 g/mol. The van der Waals surface area contributed by atoms with Crippen molar-refractivity contribution in [2.24, 2.45) is 4.99 Å². The molecule has 1 N–H and O–H groups in total. The van der Waals surface area contributed by atoms with Gasteiger partial charge >= 0.3 is 0 Å². The number of likely N-dealkylation sites (tertiary alicyclic amines) is 1. The second kappa shape index (κ2) is 11.6. The molecule has 1 amide bonds. The number of aliphatic imine (C=N–C) groups is 1. The third-order valence-corrected chi connectivity index (χ3v) is 8.89. The minimum absolute atomic E-state index is 0.0650. The number of hydrogen-bond acceptors (Lipinski definition) is 6. The van der Waals surface area contributed by atoms with Crippen molar-refractivity contribution >= 4 is 28.6 Å². The number of amides is 1. The van der Waals surface area contributed by atoms with Crippen LogP contribution in [0.15, 0.2) is 66.0 Å². The van der Waals surface area contributed by atoms with Crippen molar-refractivity contribution in [2.45, 2.75) is 50.6 Å². The Morgan fingerprint density at radius 1 is 1.20 bits per heavy atom. The molecule has 4 aromatic rings. The summed E-state index contributed by atoms with van der Waals surface area (Å²) in [6.45, 7) is 1.46. The summed E-state index contributed by atoms with van der Waals surface area (Å²) in [6, 6.07) is 15.9. The summed E-state index contributed by atoms with van der Waals surface area (Å²) in [7, 11) is 1.75. The van der Waals surface area contributed by atoms with E-state index in [0.29, 0.717) is 30.3 Å². The van der Waals surface area contributed by atoms with Crippen molar-refractivity contribution in [3.63, 3.8) is 0 Å². The smallest absolute Gasteiger partial charge is 0.257 e. The highest BCUT2D eigenvalue weighted by molar-refractivity contribution is 7.15. The van der Waals surface area contributed by atoms with Crippen LogP contribution in [0.25, 0.3) is 11.3 Å². The highest BCUT2D eigenvalue weighted by atomic mass is 32.1. The average molecular weight is 575 g/mol. The fourth-order valence-corrected chi connectivity index (χ4v) is 6.69. The number of aryl methyl sites for hydroxylation is 1. The Kier molecular flexibility index (Phi) is 7.77. The highest BCUT2D eigenvalue weighted by Crippen LogP contribution is 2.35. The number of rotatable bonds is 7. The number of hydrogen-bond donors (Lipinski definition) is 1. The minimum Gasteiger partial charge on any atom is -0.332 e. The molecule has 1 saturated heterocycles. The lowest BCUT2D eigenvalue weighted by molar-refractivity contribution is -0.0638. The molecule has 0 bridgehead atoms. The van der Waals surface area contributed by atoms with Gasteiger partial charge in [-0.1, -0.05) is 36.4 Å². The fourth-order valence-electron chi connectivity index (χ4n) is 5.61. The zero-order valence-corrected chi connectivity index (χ0v) is 23.7. The van der Waals surface area contributed by atoms with Crippen molar-refractivity contribution < 1.29 is 13.6 Å². The van der Waals surface area contributed by atoms with E-state index in [4.69, 9.17) is 0 Å². The molecule has 7 nitrogen and oxygen atoms in total. The molecule has 3 heterocycles. The third-order valence-electron chi connectivity index (χ3n) is 7.85. The SMILES string of the molecule is CN=Cc1ccc(-c2cn(Cc3cccc(C(=O)Nc4nc5c(s4)CC(N4CCC(F)(F)CC4)CC5)c3)cn2)cc1. The second-order valence-electron chi connectivity index (χ2n) is 10.8. The normalized spacial score (nSPS) is 18.9. The largest absolute Gasteiger partial charge is 0.332 e. The van der Waals surface area contributed by atoms with Crippen LogP contribution in [0.5, 0.6) is 0 Å². The van der Waals surface area contributed by atoms with E-state index in [0.717, 1.165) is 52.2 Å². The number of fused-ring (bicyclic) bond motifs is 1. The number of piperidine rings is 1. The Bertz CT molecular complexity index is 1550. The van der Waals surface area contributed by atoms with E-state index in [1.54, 1.807) is 19.4 Å². The summed E-state index contributed by atoms with van der Waals surface area (Å²) in [4.78, 5) is 29.7. The molecule has 1 unspecified atom stereocenters. The number of halogens is 2. The molecule has 41 heavy (non-hydrogen) atoms. The lowest BCUT2D eigenvalue weighted by Gasteiger charge is -2.38. The zero-order chi connectivity index (χ0) is 28.4. The van der Waals surface area contributed by atoms with Gasteiger partial charge in [0.25, 0.3) is 11.8 Å². The standard InChI is InChI=1S/C31H32F2N6OS/c1-34-17-21-5-7-23(8-6-21)27-19-38(20-35-27)18-22-3-2-4-24(15-22)29(40)37-30-36-26-10-9-25(16-28(26)41-30)39-13-11-31(32,33)12-14-39/h2-8,15,17,19-20,25H,9-14,16,18H2,1H3,(H,36,37,40). The molecule has 10 heteroatoms. The molecular weight excluding hydrogens is 542 g/mol. The Balaban J connectivity index is 1.07. The van der Waals surface area contributed by atoms with Crippen LogP contribution in [0.2, 0.25) is 0 Å². The van der Waals surface area contributed by atoms with Gasteiger partial charge in [-0.3, -0.25) is 20.0 Å². The van der Waals surface area contributed by atoms with Crippen LogP contribution in [-0.4, -0.2) is 63.7 Å². The van der Waals surface area contributed by atoms with Crippen LogP contribution >= 0.6 is 11.3 Å². The number of aromatic nitrogens is 3. The van der Waals surface area contributed by atoms with E-state index in [1.807, 2.05) is 59.4 Å². The Morgan fingerprint density at radius 3 is 2.78 bits per heavy atom. The molecule has 2 aromatic heterocycles. The third kappa shape index (κ3) is 6.44. The number of imidazole rings is 1. The Hall–Kier alpha value is -3.76. The van der Waals surface area contributed by atoms with Crippen LogP contribution in [0.4, 0.5) is 13.9 Å². The van der Waals surface area contributed by atoms with Gasteiger partial charge in [-0.15, -0.1) is 11.3 Å². The molecule has 1 aliphatic carbocycles. The number of benzene rings is 2. The van der Waals surface area contributed by atoms with E-state index in [-0.39, 0.29) is 24.8 Å². The maximum atomic E-state index is 13.6. The van der Waals surface area contributed by atoms with E-state index in [2.05, 4.69) is 25.2 Å². The van der Waals surface area contributed by atoms with Gasteiger partial charge in [0.1, 0.15) is 0 Å². The Labute approximate surface area is 242 Å². The van der Waals surface area contributed by atoms with Gasteiger partial charge in [-0.05, 0) is 42.5 Å². The van der Waals surface area contributed by atoms with Crippen LogP contribution in [-0.2, 0) is 19.4 Å². The van der Waals surface area contributed by atoms with E-state index < -0.39 is 5.92 Å². The molecule has 212 valence electrons. The summed E-state index contributed by atoms with van der Waals surface area (Å²) in [5.41, 5.74) is 5.52. The van der Waals surface area contributed by atoms with Gasteiger partial charge in [0.15, 0.2) is 5.13 Å². The number of nitrogens with zero attached hydrogens (tertiary/aromatic N) is 5. The van der Waals surface area contributed by atoms with Gasteiger partial charge in [0.2, 0.25) is 0 Å². The average Bonchev–Trinajstić information content (AvgIpc) is 3.60. The number of carbonyl (C=O) groups excluding carboxylic acids is 1. The van der Waals surface area contributed by atoms with Gasteiger partial charge in [0, 0.05) is 74.0 Å². The van der Waals surface area contributed by atoms with Crippen LogP contribution in [0.1, 0.15) is 51.3 Å². The molecule has 1 atom stereocenters. The predicted octanol–water partition coefficient (Wildman–Crippen LogP) is 5.94. The van der Waals surface area contributed by atoms with E-state index in [9.17, 15) is 13.6 Å². The molecular formula is C31H32F2N6OS. The van der Waals surface area contributed by atoms with Gasteiger partial charge in [0.05, 0.1) is 17.7 Å². The summed E-state index contributed by atoms with van der Waals surface area (Å²) >= 11 is 1.50. The molecule has 2 aliphatic rings. The molecule has 1 fully saturated rings. The fraction of sp³-hybridized carbons (Fsp3) is 0.355. The topological polar surface area (TPSA) is 75.4 Å². The summed E-state index contributed by atoms with van der Waals surface area (Å²) in [6.07, 6.45) is 7.99. The minimum atomic E-state index is -2.53. The van der Waals surface area contributed by atoms with Crippen LogP contribution < -0.4 is 5.32 Å². The lowest BCUT2D eigenvalue weighted by atomic mass is 9.94. The maximum absolute atomic E-state index is 13.6. The maximum Gasteiger partial charge on any atom is 0.257 e. The molecule has 0 saturated carbocycles.